The van der Waals surface area contributed by atoms with Gasteiger partial charge < -0.3 is 15.5 Å². The van der Waals surface area contributed by atoms with Crippen LogP contribution in [0.2, 0.25) is 0 Å². The molecule has 1 aliphatic heterocycles. The third-order valence-corrected chi connectivity index (χ3v) is 8.25. The molecule has 4 aromatic rings. The van der Waals surface area contributed by atoms with Crippen LogP contribution < -0.4 is 10.6 Å². The van der Waals surface area contributed by atoms with E-state index in [0.717, 1.165) is 48.1 Å². The molecule has 2 aliphatic rings. The third-order valence-electron chi connectivity index (χ3n) is 8.25. The van der Waals surface area contributed by atoms with E-state index < -0.39 is 0 Å². The normalized spacial score (nSPS) is 20.3. The Bertz CT molecular complexity index is 1580. The minimum Gasteiger partial charge on any atom is -0.383 e. The monoisotopic (exact) mass is 521 g/mol. The maximum atomic E-state index is 13.3. The Labute approximate surface area is 226 Å². The van der Waals surface area contributed by atoms with Gasteiger partial charge in [0.15, 0.2) is 5.65 Å². The van der Waals surface area contributed by atoms with Gasteiger partial charge in [0.25, 0.3) is 5.91 Å². The van der Waals surface area contributed by atoms with E-state index in [0.29, 0.717) is 34.6 Å². The van der Waals surface area contributed by atoms with Crippen LogP contribution >= 0.6 is 0 Å². The summed E-state index contributed by atoms with van der Waals surface area (Å²) in [6.45, 7) is 7.06. The molecule has 1 aliphatic carbocycles. The molecule has 39 heavy (non-hydrogen) atoms. The number of hydrogen-bond acceptors (Lipinski definition) is 6. The summed E-state index contributed by atoms with van der Waals surface area (Å²) in [6, 6.07) is 15.5. The number of fused-ring (bicyclic) bond motifs is 2. The largest absolute Gasteiger partial charge is 0.383 e. The number of aromatic nitrogens is 4. The molecule has 1 saturated carbocycles. The predicted molar refractivity (Wildman–Crippen MR) is 151 cm³/mol. The number of hydrogen-bond donors (Lipinski definition) is 1. The molecule has 9 heteroatoms. The summed E-state index contributed by atoms with van der Waals surface area (Å²) in [6.07, 6.45) is 4.71. The number of nitrogen functional groups attached to an aromatic ring is 1. The molecule has 9 nitrogen and oxygen atoms in total. The number of aryl methyl sites for hydroxylation is 1. The van der Waals surface area contributed by atoms with Crippen LogP contribution in [0.3, 0.4) is 0 Å². The van der Waals surface area contributed by atoms with Crippen molar-refractivity contribution in [3.05, 3.63) is 78.6 Å². The number of para-hydroxylation sites is 1. The fraction of sp³-hybridized carbons (Fsp3) is 0.300. The molecule has 1 saturated heterocycles. The number of anilines is 2. The van der Waals surface area contributed by atoms with E-state index in [1.165, 1.54) is 12.4 Å². The van der Waals surface area contributed by atoms with E-state index in [1.807, 2.05) is 65.0 Å². The summed E-state index contributed by atoms with van der Waals surface area (Å²) in [5.74, 6) is 1.15. The Morgan fingerprint density at radius 1 is 1.08 bits per heavy atom. The molecule has 6 rings (SSSR count). The molecule has 2 N–H and O–H groups in total. The first-order valence-electron chi connectivity index (χ1n) is 13.2. The first-order chi connectivity index (χ1) is 18.9. The summed E-state index contributed by atoms with van der Waals surface area (Å²) in [7, 11) is 1.78. The number of likely N-dealkylation sites (tertiary alicyclic amines) is 1. The van der Waals surface area contributed by atoms with E-state index >= 15 is 0 Å². The van der Waals surface area contributed by atoms with Gasteiger partial charge >= 0.3 is 0 Å². The van der Waals surface area contributed by atoms with E-state index in [-0.39, 0.29) is 17.9 Å². The first-order valence-corrected chi connectivity index (χ1v) is 13.2. The van der Waals surface area contributed by atoms with Gasteiger partial charge in [0.2, 0.25) is 5.91 Å². The Morgan fingerprint density at radius 3 is 2.46 bits per heavy atom. The number of benzene rings is 2. The van der Waals surface area contributed by atoms with Crippen molar-refractivity contribution < 1.29 is 9.59 Å². The zero-order chi connectivity index (χ0) is 27.3. The lowest BCUT2D eigenvalue weighted by molar-refractivity contribution is -0.125. The molecule has 0 bridgehead atoms. The lowest BCUT2D eigenvalue weighted by Gasteiger charge is -2.19. The number of amides is 2. The second-order valence-electron chi connectivity index (χ2n) is 10.6. The fourth-order valence-electron chi connectivity index (χ4n) is 6.23. The zero-order valence-corrected chi connectivity index (χ0v) is 22.1. The van der Waals surface area contributed by atoms with Gasteiger partial charge in [0.05, 0.1) is 11.4 Å². The molecule has 2 amide bonds. The molecule has 2 atom stereocenters. The van der Waals surface area contributed by atoms with Crippen molar-refractivity contribution in [2.24, 2.45) is 11.8 Å². The van der Waals surface area contributed by atoms with Crippen molar-refractivity contribution in [2.45, 2.75) is 25.8 Å². The van der Waals surface area contributed by atoms with Crippen LogP contribution in [0, 0.1) is 18.8 Å². The highest BCUT2D eigenvalue weighted by molar-refractivity contribution is 6.07. The van der Waals surface area contributed by atoms with Crippen LogP contribution in [-0.4, -0.2) is 56.6 Å². The molecule has 2 aromatic carbocycles. The molecule has 3 heterocycles. The second-order valence-corrected chi connectivity index (χ2v) is 10.6. The maximum absolute atomic E-state index is 13.3. The quantitative estimate of drug-likeness (QED) is 0.393. The van der Waals surface area contributed by atoms with Crippen molar-refractivity contribution >= 4 is 34.4 Å². The molecule has 0 radical (unpaired) electrons. The van der Waals surface area contributed by atoms with Gasteiger partial charge in [-0.15, -0.1) is 0 Å². The molecular weight excluding hydrogens is 490 g/mol. The summed E-state index contributed by atoms with van der Waals surface area (Å²) in [5, 5.41) is 5.76. The number of nitrogens with zero attached hydrogens (tertiary/aromatic N) is 6. The molecule has 198 valence electrons. The van der Waals surface area contributed by atoms with Crippen LogP contribution in [0.5, 0.6) is 0 Å². The lowest BCUT2D eigenvalue weighted by atomic mass is 10.0. The van der Waals surface area contributed by atoms with Gasteiger partial charge in [-0.1, -0.05) is 30.8 Å². The minimum absolute atomic E-state index is 0.000510. The van der Waals surface area contributed by atoms with Crippen LogP contribution in [-0.2, 0) is 4.79 Å². The van der Waals surface area contributed by atoms with Gasteiger partial charge in [-0.25, -0.2) is 14.6 Å². The van der Waals surface area contributed by atoms with Crippen molar-refractivity contribution in [1.82, 2.24) is 24.6 Å². The standard InChI is InChI=1S/C30H31N7O2/c1-4-25(38)36-15-20-13-23(14-21(20)16-36)37-29-26(28(31)32-17-33-29)27(34-37)19-10-11-24(18(2)12-19)30(39)35(3)22-8-6-5-7-9-22/h4-12,17,20-21,23H,1,13-16H2,2-3H3,(H2,31,32,33). The van der Waals surface area contributed by atoms with Crippen LogP contribution in [0.25, 0.3) is 22.3 Å². The fourth-order valence-corrected chi connectivity index (χ4v) is 6.23. The number of carbonyl (C=O) groups excluding carboxylic acids is 2. The van der Waals surface area contributed by atoms with E-state index in [1.54, 1.807) is 11.9 Å². The molecule has 2 fully saturated rings. The second kappa shape index (κ2) is 9.65. The average molecular weight is 522 g/mol. The van der Waals surface area contributed by atoms with Crippen LogP contribution in [0.15, 0.2) is 67.5 Å². The van der Waals surface area contributed by atoms with E-state index in [2.05, 4.69) is 16.5 Å². The van der Waals surface area contributed by atoms with Crippen molar-refractivity contribution in [3.8, 4) is 11.3 Å². The highest BCUT2D eigenvalue weighted by Crippen LogP contribution is 2.45. The predicted octanol–water partition coefficient (Wildman–Crippen LogP) is 4.26. The Hall–Kier alpha value is -4.53. The Morgan fingerprint density at radius 2 is 1.79 bits per heavy atom. The van der Waals surface area contributed by atoms with Gasteiger partial charge in [-0.3, -0.25) is 9.59 Å². The SMILES string of the molecule is C=CC(=O)N1CC2CC(n3nc(-c4ccc(C(=O)N(C)c5ccccc5)c(C)c4)c4c(N)ncnc43)CC2C1. The molecule has 2 unspecified atom stereocenters. The summed E-state index contributed by atoms with van der Waals surface area (Å²) in [4.78, 5) is 37.8. The van der Waals surface area contributed by atoms with Crippen LogP contribution in [0.4, 0.5) is 11.5 Å². The minimum atomic E-state index is -0.0787. The zero-order valence-electron chi connectivity index (χ0n) is 22.1. The van der Waals surface area contributed by atoms with Gasteiger partial charge in [-0.2, -0.15) is 5.10 Å². The Kier molecular flexibility index (Phi) is 6.13. The highest BCUT2D eigenvalue weighted by Gasteiger charge is 2.43. The molecule has 0 spiro atoms. The topological polar surface area (TPSA) is 110 Å². The summed E-state index contributed by atoms with van der Waals surface area (Å²) >= 11 is 0. The van der Waals surface area contributed by atoms with E-state index in [4.69, 9.17) is 10.8 Å². The van der Waals surface area contributed by atoms with Crippen LogP contribution in [0.1, 0.15) is 34.8 Å². The van der Waals surface area contributed by atoms with E-state index in [9.17, 15) is 9.59 Å². The maximum Gasteiger partial charge on any atom is 0.258 e. The number of carbonyl (C=O) groups is 2. The molecular formula is C30H31N7O2. The van der Waals surface area contributed by atoms with Gasteiger partial charge in [0.1, 0.15) is 17.8 Å². The molecule has 2 aromatic heterocycles. The summed E-state index contributed by atoms with van der Waals surface area (Å²) < 4.78 is 2.00. The number of nitrogens with two attached hydrogens (primary N) is 1. The van der Waals surface area contributed by atoms with Gasteiger partial charge in [-0.05, 0) is 67.5 Å². The van der Waals surface area contributed by atoms with Crippen molar-refractivity contribution in [1.29, 1.82) is 0 Å². The smallest absolute Gasteiger partial charge is 0.258 e. The first kappa shape index (κ1) is 24.8. The third kappa shape index (κ3) is 4.24. The van der Waals surface area contributed by atoms with Crippen molar-refractivity contribution in [3.63, 3.8) is 0 Å². The highest BCUT2D eigenvalue weighted by atomic mass is 16.2. The van der Waals surface area contributed by atoms with Crippen molar-refractivity contribution in [2.75, 3.05) is 30.8 Å². The number of rotatable bonds is 5. The Balaban J connectivity index is 1.32. The summed E-state index contributed by atoms with van der Waals surface area (Å²) in [5.41, 5.74) is 11.0. The van der Waals surface area contributed by atoms with Gasteiger partial charge in [0, 0.05) is 37.0 Å². The average Bonchev–Trinajstić information content (AvgIpc) is 3.64. The lowest BCUT2D eigenvalue weighted by Crippen LogP contribution is -2.28.